The summed E-state index contributed by atoms with van der Waals surface area (Å²) in [7, 11) is -0.835. The largest absolute Gasteiger partial charge is 0.355 e. The van der Waals surface area contributed by atoms with Crippen molar-refractivity contribution in [1.82, 2.24) is 5.32 Å². The van der Waals surface area contributed by atoms with Gasteiger partial charge >= 0.3 is 0 Å². The van der Waals surface area contributed by atoms with Crippen molar-refractivity contribution in [3.63, 3.8) is 0 Å². The second kappa shape index (κ2) is 7.94. The number of nitrogens with two attached hydrogens (primary N) is 1. The van der Waals surface area contributed by atoms with Gasteiger partial charge in [-0.05, 0) is 19.4 Å². The van der Waals surface area contributed by atoms with Gasteiger partial charge in [-0.3, -0.25) is 9.00 Å². The molecule has 0 spiro atoms. The van der Waals surface area contributed by atoms with Gasteiger partial charge in [0.05, 0.1) is 0 Å². The van der Waals surface area contributed by atoms with E-state index >= 15 is 0 Å². The van der Waals surface area contributed by atoms with Crippen LogP contribution in [-0.2, 0) is 15.6 Å². The fraction of sp³-hybridized carbons (Fsp3) is 0.889. The third-order valence-corrected chi connectivity index (χ3v) is 2.76. The first-order valence-corrected chi connectivity index (χ1v) is 6.58. The smallest absolute Gasteiger partial charge is 0.222 e. The van der Waals surface area contributed by atoms with E-state index in [0.717, 1.165) is 12.8 Å². The van der Waals surface area contributed by atoms with Crippen LogP contribution >= 0.6 is 0 Å². The molecule has 84 valence electrons. The predicted molar refractivity (Wildman–Crippen MR) is 59.4 cm³/mol. The van der Waals surface area contributed by atoms with Crippen LogP contribution in [0.5, 0.6) is 0 Å². The second-order valence-electron chi connectivity index (χ2n) is 3.40. The van der Waals surface area contributed by atoms with Gasteiger partial charge in [0.2, 0.25) is 5.91 Å². The Labute approximate surface area is 88.1 Å². The van der Waals surface area contributed by atoms with E-state index in [0.29, 0.717) is 18.8 Å². The first-order chi connectivity index (χ1) is 6.57. The van der Waals surface area contributed by atoms with Gasteiger partial charge in [0, 0.05) is 35.3 Å². The Morgan fingerprint density at radius 1 is 1.57 bits per heavy atom. The number of rotatable bonds is 7. The zero-order valence-corrected chi connectivity index (χ0v) is 9.73. The van der Waals surface area contributed by atoms with Crippen LogP contribution in [0.4, 0.5) is 0 Å². The fourth-order valence-electron chi connectivity index (χ4n) is 1.05. The van der Waals surface area contributed by atoms with Gasteiger partial charge in [-0.2, -0.15) is 0 Å². The van der Waals surface area contributed by atoms with Gasteiger partial charge in [-0.25, -0.2) is 0 Å². The summed E-state index contributed by atoms with van der Waals surface area (Å²) in [6, 6.07) is 0. The van der Waals surface area contributed by atoms with Crippen molar-refractivity contribution in [3.8, 4) is 0 Å². The Morgan fingerprint density at radius 3 is 2.71 bits per heavy atom. The minimum absolute atomic E-state index is 0.00356. The van der Waals surface area contributed by atoms with E-state index in [9.17, 15) is 9.00 Å². The van der Waals surface area contributed by atoms with Crippen LogP contribution in [0.25, 0.3) is 0 Å². The van der Waals surface area contributed by atoms with Gasteiger partial charge < -0.3 is 11.1 Å². The van der Waals surface area contributed by atoms with Crippen LogP contribution in [0.3, 0.4) is 0 Å². The lowest BCUT2D eigenvalue weighted by atomic mass is 10.1. The number of carbonyl (C=O) groups excluding carboxylic acids is 1. The molecule has 0 aliphatic carbocycles. The molecule has 0 aromatic heterocycles. The average Bonchev–Trinajstić information content (AvgIpc) is 2.13. The number of hydrogen-bond acceptors (Lipinski definition) is 3. The SMILES string of the molecule is CC(CCCN)C(=O)NCCS(C)=O. The van der Waals surface area contributed by atoms with Crippen LogP contribution in [0.1, 0.15) is 19.8 Å². The van der Waals surface area contributed by atoms with E-state index < -0.39 is 10.8 Å². The van der Waals surface area contributed by atoms with Crippen LogP contribution in [0.2, 0.25) is 0 Å². The summed E-state index contributed by atoms with van der Waals surface area (Å²) < 4.78 is 10.7. The molecule has 4 nitrogen and oxygen atoms in total. The highest BCUT2D eigenvalue weighted by molar-refractivity contribution is 7.84. The standard InChI is InChI=1S/C9H20N2O2S/c1-8(4-3-5-10)9(12)11-6-7-14(2)13/h8H,3-7,10H2,1-2H3,(H,11,12). The van der Waals surface area contributed by atoms with Gasteiger partial charge in [0.15, 0.2) is 0 Å². The van der Waals surface area contributed by atoms with Crippen molar-refractivity contribution in [2.24, 2.45) is 11.7 Å². The maximum Gasteiger partial charge on any atom is 0.222 e. The van der Waals surface area contributed by atoms with Crippen molar-refractivity contribution in [2.75, 3.05) is 25.1 Å². The molecule has 0 aromatic rings. The molecule has 0 rings (SSSR count). The predicted octanol–water partition coefficient (Wildman–Crippen LogP) is -0.144. The maximum atomic E-state index is 11.4. The quantitative estimate of drug-likeness (QED) is 0.627. The Morgan fingerprint density at radius 2 is 2.21 bits per heavy atom. The molecule has 2 atom stereocenters. The zero-order chi connectivity index (χ0) is 11.0. The Hall–Kier alpha value is -0.420. The monoisotopic (exact) mass is 220 g/mol. The van der Waals surface area contributed by atoms with Gasteiger partial charge in [-0.1, -0.05) is 6.92 Å². The highest BCUT2D eigenvalue weighted by atomic mass is 32.2. The molecule has 0 aromatic carbocycles. The molecule has 0 heterocycles. The van der Waals surface area contributed by atoms with Crippen LogP contribution in [0, 0.1) is 5.92 Å². The van der Waals surface area contributed by atoms with Crippen molar-refractivity contribution in [2.45, 2.75) is 19.8 Å². The number of carbonyl (C=O) groups is 1. The van der Waals surface area contributed by atoms with Crippen molar-refractivity contribution in [3.05, 3.63) is 0 Å². The van der Waals surface area contributed by atoms with E-state index in [1.54, 1.807) is 6.26 Å². The molecule has 14 heavy (non-hydrogen) atoms. The molecule has 0 aliphatic heterocycles. The normalized spacial score (nSPS) is 14.8. The molecule has 2 unspecified atom stereocenters. The third kappa shape index (κ3) is 7.03. The van der Waals surface area contributed by atoms with Crippen LogP contribution in [0.15, 0.2) is 0 Å². The molecule has 0 saturated heterocycles. The van der Waals surface area contributed by atoms with Crippen molar-refractivity contribution >= 4 is 16.7 Å². The molecule has 0 radical (unpaired) electrons. The summed E-state index contributed by atoms with van der Waals surface area (Å²) in [5.74, 6) is 0.558. The average molecular weight is 220 g/mol. The molecule has 0 bridgehead atoms. The van der Waals surface area contributed by atoms with Gasteiger partial charge in [0.1, 0.15) is 0 Å². The first-order valence-electron chi connectivity index (χ1n) is 4.85. The summed E-state index contributed by atoms with van der Waals surface area (Å²) in [5.41, 5.74) is 5.34. The maximum absolute atomic E-state index is 11.4. The number of hydrogen-bond donors (Lipinski definition) is 2. The summed E-state index contributed by atoms with van der Waals surface area (Å²) in [5, 5.41) is 2.75. The third-order valence-electron chi connectivity index (χ3n) is 1.98. The lowest BCUT2D eigenvalue weighted by molar-refractivity contribution is -0.124. The van der Waals surface area contributed by atoms with Gasteiger partial charge in [0.25, 0.3) is 0 Å². The Bertz CT molecular complexity index is 197. The van der Waals surface area contributed by atoms with Crippen molar-refractivity contribution < 1.29 is 9.00 Å². The summed E-state index contributed by atoms with van der Waals surface area (Å²) in [4.78, 5) is 11.4. The lowest BCUT2D eigenvalue weighted by Gasteiger charge is -2.10. The van der Waals surface area contributed by atoms with E-state index in [4.69, 9.17) is 5.73 Å². The van der Waals surface area contributed by atoms with E-state index in [-0.39, 0.29) is 11.8 Å². The zero-order valence-electron chi connectivity index (χ0n) is 8.91. The Kier molecular flexibility index (Phi) is 7.70. The molecule has 1 amide bonds. The molecule has 3 N–H and O–H groups in total. The summed E-state index contributed by atoms with van der Waals surface area (Å²) >= 11 is 0. The van der Waals surface area contributed by atoms with E-state index in [1.807, 2.05) is 6.92 Å². The molecular formula is C9H20N2O2S. The highest BCUT2D eigenvalue weighted by Gasteiger charge is 2.11. The summed E-state index contributed by atoms with van der Waals surface area (Å²) in [6.07, 6.45) is 3.32. The molecule has 5 heteroatoms. The highest BCUT2D eigenvalue weighted by Crippen LogP contribution is 2.03. The second-order valence-corrected chi connectivity index (χ2v) is 4.95. The molecule has 0 fully saturated rings. The number of nitrogens with one attached hydrogen (secondary N) is 1. The lowest BCUT2D eigenvalue weighted by Crippen LogP contribution is -2.32. The number of amides is 1. The van der Waals surface area contributed by atoms with Crippen LogP contribution < -0.4 is 11.1 Å². The van der Waals surface area contributed by atoms with Crippen molar-refractivity contribution in [1.29, 1.82) is 0 Å². The van der Waals surface area contributed by atoms with Gasteiger partial charge in [-0.15, -0.1) is 0 Å². The topological polar surface area (TPSA) is 72.2 Å². The Balaban J connectivity index is 3.56. The molecule has 0 aliphatic rings. The minimum atomic E-state index is -0.835. The summed E-state index contributed by atoms with van der Waals surface area (Å²) in [6.45, 7) is 3.00. The first kappa shape index (κ1) is 13.6. The molecular weight excluding hydrogens is 200 g/mol. The minimum Gasteiger partial charge on any atom is -0.355 e. The molecule has 0 saturated carbocycles. The fourth-order valence-corrected chi connectivity index (χ4v) is 1.44. The van der Waals surface area contributed by atoms with E-state index in [2.05, 4.69) is 5.32 Å². The van der Waals surface area contributed by atoms with E-state index in [1.165, 1.54) is 0 Å². The van der Waals surface area contributed by atoms with Crippen LogP contribution in [-0.4, -0.2) is 35.2 Å².